The number of nitro benzene ring substituents is 1. The number of primary amides is 1. The van der Waals surface area contributed by atoms with E-state index in [4.69, 9.17) is 23.4 Å². The number of alkyl halides is 3. The van der Waals surface area contributed by atoms with Crippen LogP contribution in [0.5, 0.6) is 0 Å². The van der Waals surface area contributed by atoms with Gasteiger partial charge in [-0.3, -0.25) is 34.2 Å². The highest BCUT2D eigenvalue weighted by molar-refractivity contribution is 7.86. The van der Waals surface area contributed by atoms with Crippen LogP contribution in [-0.2, 0) is 26.3 Å². The zero-order valence-electron chi connectivity index (χ0n) is 20.0. The first kappa shape index (κ1) is 31.5. The number of hydrogen-bond donors (Lipinski definition) is 3. The van der Waals surface area contributed by atoms with Gasteiger partial charge in [0.25, 0.3) is 5.69 Å². The number of thiol groups is 1. The number of non-ortho nitro benzene ring substituents is 1. The van der Waals surface area contributed by atoms with E-state index in [1.165, 1.54) is 12.1 Å². The maximum absolute atomic E-state index is 12.8. The van der Waals surface area contributed by atoms with E-state index in [-0.39, 0.29) is 36.2 Å². The maximum Gasteiger partial charge on any atom is 0.522 e. The van der Waals surface area contributed by atoms with Crippen LogP contribution >= 0.6 is 12.6 Å². The third-order valence-corrected chi connectivity index (χ3v) is 6.67. The van der Waals surface area contributed by atoms with Crippen molar-refractivity contribution in [3.63, 3.8) is 0 Å². The van der Waals surface area contributed by atoms with Crippen LogP contribution in [0, 0.1) is 10.1 Å². The Morgan fingerprint density at radius 1 is 1.18 bits per heavy atom. The number of ether oxygens (including phenoxy) is 1. The monoisotopic (exact) mass is 587 g/mol. The van der Waals surface area contributed by atoms with Crippen LogP contribution in [0.15, 0.2) is 24.3 Å². The minimum atomic E-state index is -5.84. The number of hydrogen-bond acceptors (Lipinski definition) is 10. The molecule has 214 valence electrons. The smallest absolute Gasteiger partial charge is 0.445 e. The second-order valence-corrected chi connectivity index (χ2v) is 10.7. The molecule has 0 spiro atoms. The molecule has 0 saturated carbocycles. The molecule has 0 aliphatic carbocycles. The molecule has 2 saturated heterocycles. The molecule has 2 atom stereocenters. The molecule has 1 aromatic carbocycles. The second kappa shape index (κ2) is 13.4. The number of amides is 2. The first-order valence-electron chi connectivity index (χ1n) is 11.2. The highest BCUT2D eigenvalue weighted by atomic mass is 32.2. The second-order valence-electron chi connectivity index (χ2n) is 8.55. The summed E-state index contributed by atoms with van der Waals surface area (Å²) in [6, 6.07) is 5.94. The predicted octanol–water partition coefficient (Wildman–Crippen LogP) is 1.45. The lowest BCUT2D eigenvalue weighted by Gasteiger charge is -2.33. The fraction of sp³-hybridized carbons (Fsp3) is 0.600. The van der Waals surface area contributed by atoms with Crippen molar-refractivity contribution in [3.8, 4) is 0 Å². The van der Waals surface area contributed by atoms with Gasteiger partial charge in [0.1, 0.15) is 6.61 Å². The van der Waals surface area contributed by atoms with Crippen molar-refractivity contribution in [1.29, 1.82) is 0 Å². The van der Waals surface area contributed by atoms with Gasteiger partial charge in [0, 0.05) is 43.6 Å². The lowest BCUT2D eigenvalue weighted by molar-refractivity contribution is -0.384. The Bertz CT molecular complexity index is 1090. The summed E-state index contributed by atoms with van der Waals surface area (Å²) in [5.41, 5.74) is 0.452. The van der Waals surface area contributed by atoms with Gasteiger partial charge >= 0.3 is 21.7 Å². The average molecular weight is 588 g/mol. The van der Waals surface area contributed by atoms with Gasteiger partial charge in [0.2, 0.25) is 5.91 Å². The fourth-order valence-electron chi connectivity index (χ4n) is 3.95. The molecule has 2 aliphatic heterocycles. The molecule has 0 aromatic heterocycles. The predicted molar refractivity (Wildman–Crippen MR) is 131 cm³/mol. The van der Waals surface area contributed by atoms with Crippen molar-refractivity contribution >= 4 is 40.4 Å². The van der Waals surface area contributed by atoms with Crippen molar-refractivity contribution in [2.24, 2.45) is 5.73 Å². The molecular formula is C20H28F3N5O8S2. The molecule has 13 nitrogen and oxygen atoms in total. The van der Waals surface area contributed by atoms with E-state index in [1.807, 2.05) is 4.90 Å². The SMILES string of the molecule is NC(=O)CN1CCCN([C@@H]2C[C@H](S)CN2C(=O)OCc2ccc([N+](=O)[O-])cc2)CC1.O=S(=O)(O)C(F)(F)F. The van der Waals surface area contributed by atoms with Gasteiger partial charge < -0.3 is 10.5 Å². The highest BCUT2D eigenvalue weighted by Gasteiger charge is 2.44. The van der Waals surface area contributed by atoms with Gasteiger partial charge in [0.05, 0.1) is 17.6 Å². The summed E-state index contributed by atoms with van der Waals surface area (Å²) >= 11 is 4.57. The van der Waals surface area contributed by atoms with E-state index in [0.717, 1.165) is 32.5 Å². The van der Waals surface area contributed by atoms with Gasteiger partial charge in [0.15, 0.2) is 0 Å². The number of carbonyl (C=O) groups is 2. The Hall–Kier alpha value is -2.67. The normalized spacial score (nSPS) is 21.2. The van der Waals surface area contributed by atoms with Crippen LogP contribution in [0.3, 0.4) is 0 Å². The third-order valence-electron chi connectivity index (χ3n) is 5.71. The van der Waals surface area contributed by atoms with Gasteiger partial charge in [-0.05, 0) is 37.1 Å². The lowest BCUT2D eigenvalue weighted by Crippen LogP contribution is -2.48. The molecule has 38 heavy (non-hydrogen) atoms. The number of nitro groups is 1. The minimum absolute atomic E-state index is 0.00542. The molecule has 18 heteroatoms. The summed E-state index contributed by atoms with van der Waals surface area (Å²) in [4.78, 5) is 40.2. The third kappa shape index (κ3) is 9.57. The van der Waals surface area contributed by atoms with E-state index < -0.39 is 26.6 Å². The summed E-state index contributed by atoms with van der Waals surface area (Å²) in [7, 11) is -5.84. The summed E-state index contributed by atoms with van der Waals surface area (Å²) < 4.78 is 63.0. The first-order chi connectivity index (χ1) is 17.6. The molecule has 0 unspecified atom stereocenters. The van der Waals surface area contributed by atoms with Crippen LogP contribution in [0.25, 0.3) is 0 Å². The van der Waals surface area contributed by atoms with Crippen LogP contribution in [0.1, 0.15) is 18.4 Å². The molecule has 2 aliphatic rings. The number of nitrogens with zero attached hydrogens (tertiary/aromatic N) is 4. The van der Waals surface area contributed by atoms with Gasteiger partial charge in [-0.15, -0.1) is 0 Å². The molecule has 0 radical (unpaired) electrons. The quantitative estimate of drug-likeness (QED) is 0.145. The largest absolute Gasteiger partial charge is 0.522 e. The molecule has 2 fully saturated rings. The highest BCUT2D eigenvalue weighted by Crippen LogP contribution is 2.27. The standard InChI is InChI=1S/C19H27N5O5S.CHF3O3S/c20-17(25)12-21-6-1-7-22(9-8-21)18-10-16(30)11-23(18)19(26)29-13-14-2-4-15(5-3-14)24(27)28;2-1(3,4)8(5,6)7/h2-5,16,18,30H,1,6-13H2,(H2,20,25);(H,5,6,7)/t16-,18-;/m0./s1. The number of benzene rings is 1. The maximum atomic E-state index is 12.8. The van der Waals surface area contributed by atoms with Crippen molar-refractivity contribution < 1.29 is 45.4 Å². The van der Waals surface area contributed by atoms with Crippen LogP contribution < -0.4 is 5.73 Å². The molecule has 0 bridgehead atoms. The van der Waals surface area contributed by atoms with Gasteiger partial charge in [-0.2, -0.15) is 34.2 Å². The molecule has 2 amide bonds. The molecule has 3 N–H and O–H groups in total. The average Bonchev–Trinajstić information content (AvgIpc) is 3.05. The first-order valence-corrected chi connectivity index (χ1v) is 13.2. The Morgan fingerprint density at radius 2 is 1.79 bits per heavy atom. The Labute approximate surface area is 222 Å². The van der Waals surface area contributed by atoms with E-state index in [1.54, 1.807) is 17.0 Å². The van der Waals surface area contributed by atoms with Crippen LogP contribution in [-0.4, -0.2) is 101 Å². The summed E-state index contributed by atoms with van der Waals surface area (Å²) in [5.74, 6) is -0.337. The number of carbonyl (C=O) groups excluding carboxylic acids is 2. The zero-order chi connectivity index (χ0) is 28.7. The number of likely N-dealkylation sites (tertiary alicyclic amines) is 1. The van der Waals surface area contributed by atoms with Gasteiger partial charge in [-0.25, -0.2) is 4.79 Å². The zero-order valence-corrected chi connectivity index (χ0v) is 21.7. The Morgan fingerprint density at radius 3 is 2.32 bits per heavy atom. The van der Waals surface area contributed by atoms with Crippen molar-refractivity contribution in [2.75, 3.05) is 39.3 Å². The molecular weight excluding hydrogens is 559 g/mol. The summed E-state index contributed by atoms with van der Waals surface area (Å²) in [6.07, 6.45) is 1.09. The van der Waals surface area contributed by atoms with Crippen LogP contribution in [0.4, 0.5) is 23.7 Å². The molecule has 1 aromatic rings. The Balaban J connectivity index is 0.000000550. The van der Waals surface area contributed by atoms with Crippen molar-refractivity contribution in [2.45, 2.75) is 36.4 Å². The van der Waals surface area contributed by atoms with E-state index >= 15 is 0 Å². The number of rotatable bonds is 6. The topological polar surface area (TPSA) is 177 Å². The lowest BCUT2D eigenvalue weighted by atomic mass is 10.2. The van der Waals surface area contributed by atoms with Gasteiger partial charge in [-0.1, -0.05) is 0 Å². The fourth-order valence-corrected chi connectivity index (χ4v) is 4.31. The van der Waals surface area contributed by atoms with E-state index in [0.29, 0.717) is 18.7 Å². The van der Waals surface area contributed by atoms with Crippen molar-refractivity contribution in [3.05, 3.63) is 39.9 Å². The van der Waals surface area contributed by atoms with Crippen LogP contribution in [0.2, 0.25) is 0 Å². The molecule has 3 rings (SSSR count). The van der Waals surface area contributed by atoms with E-state index in [2.05, 4.69) is 17.5 Å². The minimum Gasteiger partial charge on any atom is -0.445 e. The van der Waals surface area contributed by atoms with Crippen molar-refractivity contribution in [1.82, 2.24) is 14.7 Å². The van der Waals surface area contributed by atoms with E-state index in [9.17, 15) is 32.9 Å². The number of halogens is 3. The number of nitrogens with two attached hydrogens (primary N) is 1. The summed E-state index contributed by atoms with van der Waals surface area (Å²) in [6.45, 7) is 3.83. The summed E-state index contributed by atoms with van der Waals surface area (Å²) in [5, 5.41) is 10.8. The molecule has 2 heterocycles. The Kier molecular flexibility index (Phi) is 11.1.